The second-order valence-corrected chi connectivity index (χ2v) is 6.81. The molecule has 0 fully saturated rings. The van der Waals surface area contributed by atoms with Gasteiger partial charge in [-0.3, -0.25) is 19.0 Å². The number of carbonyl (C=O) groups is 2. The Morgan fingerprint density at radius 2 is 1.70 bits per heavy atom. The molecule has 27 heavy (non-hydrogen) atoms. The quantitative estimate of drug-likeness (QED) is 0.713. The van der Waals surface area contributed by atoms with Gasteiger partial charge in [-0.2, -0.15) is 0 Å². The largest absolute Gasteiger partial charge is 0.324 e. The van der Waals surface area contributed by atoms with Crippen LogP contribution in [-0.2, 0) is 4.79 Å². The van der Waals surface area contributed by atoms with Crippen molar-refractivity contribution >= 4 is 28.3 Å². The van der Waals surface area contributed by atoms with Crippen LogP contribution >= 0.6 is 0 Å². The van der Waals surface area contributed by atoms with Crippen LogP contribution in [-0.4, -0.2) is 16.3 Å². The van der Waals surface area contributed by atoms with E-state index in [4.69, 9.17) is 0 Å². The maximum atomic E-state index is 12.8. The van der Waals surface area contributed by atoms with E-state index in [9.17, 15) is 14.4 Å². The summed E-state index contributed by atoms with van der Waals surface area (Å²) < 4.78 is 1.53. The molecular weight excluding hydrogens is 340 g/mol. The lowest BCUT2D eigenvalue weighted by Crippen LogP contribution is -2.32. The second-order valence-electron chi connectivity index (χ2n) is 6.81. The number of pyridine rings is 1. The van der Waals surface area contributed by atoms with Gasteiger partial charge in [0.25, 0.3) is 5.56 Å². The summed E-state index contributed by atoms with van der Waals surface area (Å²) in [6.45, 7) is 7.00. The van der Waals surface area contributed by atoms with Gasteiger partial charge in [-0.25, -0.2) is 0 Å². The number of nitrogens with zero attached hydrogens (tertiary/aromatic N) is 1. The highest BCUT2D eigenvalue weighted by Gasteiger charge is 2.20. The fourth-order valence-electron chi connectivity index (χ4n) is 3.30. The minimum absolute atomic E-state index is 0.0736. The van der Waals surface area contributed by atoms with E-state index in [1.165, 1.54) is 11.5 Å². The minimum atomic E-state index is -0.706. The number of hydrogen-bond donors (Lipinski definition) is 1. The van der Waals surface area contributed by atoms with E-state index >= 15 is 0 Å². The van der Waals surface area contributed by atoms with Crippen LogP contribution in [0.25, 0.3) is 10.9 Å². The predicted molar refractivity (Wildman–Crippen MR) is 107 cm³/mol. The molecule has 138 valence electrons. The van der Waals surface area contributed by atoms with Crippen molar-refractivity contribution in [3.8, 4) is 0 Å². The highest BCUT2D eigenvalue weighted by atomic mass is 16.2. The number of fused-ring (bicyclic) bond motifs is 1. The van der Waals surface area contributed by atoms with E-state index in [2.05, 4.69) is 5.32 Å². The third-order valence-corrected chi connectivity index (χ3v) is 4.78. The number of benzene rings is 2. The molecule has 1 aromatic heterocycles. The molecule has 0 radical (unpaired) electrons. The smallest absolute Gasteiger partial charge is 0.252 e. The van der Waals surface area contributed by atoms with Crippen molar-refractivity contribution in [2.45, 2.75) is 33.7 Å². The number of carbonyl (C=O) groups excluding carboxylic acids is 2. The number of rotatable bonds is 4. The molecule has 2 aromatic carbocycles. The van der Waals surface area contributed by atoms with Gasteiger partial charge >= 0.3 is 0 Å². The number of aryl methyl sites for hydroxylation is 2. The van der Waals surface area contributed by atoms with Gasteiger partial charge in [0.1, 0.15) is 6.04 Å². The molecular formula is C22H22N2O3. The average Bonchev–Trinajstić information content (AvgIpc) is 2.62. The zero-order chi connectivity index (χ0) is 19.7. The molecule has 1 unspecified atom stereocenters. The van der Waals surface area contributed by atoms with Crippen LogP contribution in [0.4, 0.5) is 5.69 Å². The Bertz CT molecular complexity index is 1110. The highest BCUT2D eigenvalue weighted by Crippen LogP contribution is 2.23. The Morgan fingerprint density at radius 1 is 1.00 bits per heavy atom. The van der Waals surface area contributed by atoms with Crippen LogP contribution < -0.4 is 10.9 Å². The van der Waals surface area contributed by atoms with Gasteiger partial charge in [-0.15, -0.1) is 0 Å². The summed E-state index contributed by atoms with van der Waals surface area (Å²) in [5.74, 6) is -0.387. The van der Waals surface area contributed by atoms with Crippen molar-refractivity contribution in [2.24, 2.45) is 0 Å². The van der Waals surface area contributed by atoms with Gasteiger partial charge < -0.3 is 5.32 Å². The van der Waals surface area contributed by atoms with E-state index in [1.807, 2.05) is 32.0 Å². The van der Waals surface area contributed by atoms with E-state index in [1.54, 1.807) is 37.3 Å². The second kappa shape index (κ2) is 7.19. The predicted octanol–water partition coefficient (Wildman–Crippen LogP) is 4.02. The van der Waals surface area contributed by atoms with Gasteiger partial charge in [0.15, 0.2) is 5.78 Å². The number of anilines is 1. The lowest BCUT2D eigenvalue weighted by molar-refractivity contribution is -0.118. The van der Waals surface area contributed by atoms with Crippen LogP contribution in [0.1, 0.15) is 41.4 Å². The summed E-state index contributed by atoms with van der Waals surface area (Å²) in [5.41, 5.74) is 3.43. The van der Waals surface area contributed by atoms with Crippen molar-refractivity contribution in [2.75, 3.05) is 5.32 Å². The molecule has 1 heterocycles. The summed E-state index contributed by atoms with van der Waals surface area (Å²) in [5, 5.41) is 3.76. The van der Waals surface area contributed by atoms with Crippen LogP contribution in [0.3, 0.4) is 0 Å². The van der Waals surface area contributed by atoms with Crippen LogP contribution in [0.5, 0.6) is 0 Å². The first-order valence-electron chi connectivity index (χ1n) is 8.83. The van der Waals surface area contributed by atoms with Crippen molar-refractivity contribution in [3.05, 3.63) is 75.6 Å². The standard InChI is InChI=1S/C22H22N2O3/c1-13-7-5-10-19-14(2)11-20(26)24(21(13)19)15(3)22(27)23-18-9-6-8-17(12-18)16(4)25/h5-12,15H,1-4H3,(H,23,27). The Kier molecular flexibility index (Phi) is 4.95. The fourth-order valence-corrected chi connectivity index (χ4v) is 3.30. The van der Waals surface area contributed by atoms with Crippen LogP contribution in [0.2, 0.25) is 0 Å². The Labute approximate surface area is 157 Å². The van der Waals surface area contributed by atoms with Crippen LogP contribution in [0, 0.1) is 13.8 Å². The maximum absolute atomic E-state index is 12.8. The summed E-state index contributed by atoms with van der Waals surface area (Å²) >= 11 is 0. The molecule has 3 aromatic rings. The highest BCUT2D eigenvalue weighted by molar-refractivity contribution is 5.98. The van der Waals surface area contributed by atoms with Gasteiger partial charge in [-0.05, 0) is 51.0 Å². The monoisotopic (exact) mass is 362 g/mol. The van der Waals surface area contributed by atoms with Gasteiger partial charge in [0.05, 0.1) is 5.52 Å². The molecule has 1 N–H and O–H groups in total. The fraction of sp³-hybridized carbons (Fsp3) is 0.227. The van der Waals surface area contributed by atoms with Gasteiger partial charge in [0, 0.05) is 22.7 Å². The molecule has 0 bridgehead atoms. The topological polar surface area (TPSA) is 68.2 Å². The number of Topliss-reactive ketones (excluding diaryl/α,β-unsaturated/α-hetero) is 1. The Balaban J connectivity index is 2.02. The number of hydrogen-bond acceptors (Lipinski definition) is 3. The normalized spacial score (nSPS) is 12.0. The lowest BCUT2D eigenvalue weighted by atomic mass is 10.0. The molecule has 0 aliphatic carbocycles. The van der Waals surface area contributed by atoms with Crippen molar-refractivity contribution < 1.29 is 9.59 Å². The summed E-state index contributed by atoms with van der Waals surface area (Å²) in [7, 11) is 0. The van der Waals surface area contributed by atoms with E-state index < -0.39 is 6.04 Å². The molecule has 0 aliphatic rings. The number of ketones is 1. The first-order valence-corrected chi connectivity index (χ1v) is 8.83. The molecule has 5 nitrogen and oxygen atoms in total. The molecule has 1 amide bonds. The zero-order valence-electron chi connectivity index (χ0n) is 15.9. The van der Waals surface area contributed by atoms with Crippen molar-refractivity contribution in [1.82, 2.24) is 4.57 Å². The molecule has 0 aliphatic heterocycles. The van der Waals surface area contributed by atoms with Gasteiger partial charge in [-0.1, -0.05) is 30.3 Å². The maximum Gasteiger partial charge on any atom is 0.252 e. The van der Waals surface area contributed by atoms with Crippen LogP contribution in [0.15, 0.2) is 53.3 Å². The third-order valence-electron chi connectivity index (χ3n) is 4.78. The molecule has 5 heteroatoms. The minimum Gasteiger partial charge on any atom is -0.324 e. The van der Waals surface area contributed by atoms with E-state index in [0.717, 1.165) is 22.0 Å². The summed E-state index contributed by atoms with van der Waals surface area (Å²) in [6, 6.07) is 13.4. The molecule has 0 saturated carbocycles. The molecule has 0 spiro atoms. The summed E-state index contributed by atoms with van der Waals surface area (Å²) in [4.78, 5) is 37.1. The molecule has 1 atom stereocenters. The number of aromatic nitrogens is 1. The average molecular weight is 362 g/mol. The summed E-state index contributed by atoms with van der Waals surface area (Å²) in [6.07, 6.45) is 0. The third kappa shape index (κ3) is 3.53. The number of nitrogens with one attached hydrogen (secondary N) is 1. The van der Waals surface area contributed by atoms with Crippen molar-refractivity contribution in [3.63, 3.8) is 0 Å². The molecule has 3 rings (SSSR count). The first kappa shape index (κ1) is 18.6. The number of para-hydroxylation sites is 1. The zero-order valence-corrected chi connectivity index (χ0v) is 15.9. The van der Waals surface area contributed by atoms with E-state index in [-0.39, 0.29) is 17.2 Å². The Hall–Kier alpha value is -3.21. The van der Waals surface area contributed by atoms with Gasteiger partial charge in [0.2, 0.25) is 5.91 Å². The Morgan fingerprint density at radius 3 is 2.41 bits per heavy atom. The van der Waals surface area contributed by atoms with E-state index in [0.29, 0.717) is 11.3 Å². The SMILES string of the molecule is CC(=O)c1cccc(NC(=O)C(C)n2c(=O)cc(C)c3cccc(C)c32)c1. The first-order chi connectivity index (χ1) is 12.8. The molecule has 0 saturated heterocycles. The lowest BCUT2D eigenvalue weighted by Gasteiger charge is -2.20. The van der Waals surface area contributed by atoms with Crippen molar-refractivity contribution in [1.29, 1.82) is 0 Å². The number of amides is 1.